The minimum absolute atomic E-state index is 0.796. The maximum absolute atomic E-state index is 4.73. The van der Waals surface area contributed by atoms with E-state index < -0.39 is 0 Å². The summed E-state index contributed by atoms with van der Waals surface area (Å²) < 4.78 is 2.14. The third-order valence-electron chi connectivity index (χ3n) is 10.7. The van der Waals surface area contributed by atoms with Gasteiger partial charge in [-0.1, -0.05) is 182 Å². The van der Waals surface area contributed by atoms with Crippen molar-refractivity contribution in [2.75, 3.05) is 4.90 Å². The van der Waals surface area contributed by atoms with Crippen LogP contribution < -0.4 is 4.90 Å². The molecule has 0 saturated carbocycles. The largest absolute Gasteiger partial charge is 0.310 e. The predicted molar refractivity (Wildman–Crippen MR) is 241 cm³/mol. The normalized spacial score (nSPS) is 11.1. The first-order valence-corrected chi connectivity index (χ1v) is 19.6. The van der Waals surface area contributed by atoms with Gasteiger partial charge in [0.05, 0.1) is 0 Å². The van der Waals surface area contributed by atoms with E-state index in [1.807, 2.05) is 36.4 Å². The standard InChI is InChI=1S/C54H38N4/c1-4-17-42(18-5-1)53-55-56-54(58(53)46-22-8-3-9-23-46)43-30-28-40(29-31-43)49-24-12-14-26-51(49)52-27-15-13-25-50(52)41-33-35-47(36-34-41)57(45-20-6-2-7-21-45)48-37-32-39-16-10-11-19-44(39)38-48/h1-38H. The van der Waals surface area contributed by atoms with E-state index in [9.17, 15) is 0 Å². The van der Waals surface area contributed by atoms with Crippen LogP contribution in [0.25, 0.3) is 72.6 Å². The lowest BCUT2D eigenvalue weighted by atomic mass is 9.89. The van der Waals surface area contributed by atoms with E-state index in [4.69, 9.17) is 5.10 Å². The molecule has 10 rings (SSSR count). The highest BCUT2D eigenvalue weighted by atomic mass is 15.3. The van der Waals surface area contributed by atoms with Crippen molar-refractivity contribution in [3.63, 3.8) is 0 Å². The van der Waals surface area contributed by atoms with Crippen LogP contribution in [-0.2, 0) is 0 Å². The molecule has 0 unspecified atom stereocenters. The van der Waals surface area contributed by atoms with Gasteiger partial charge in [0.1, 0.15) is 0 Å². The van der Waals surface area contributed by atoms with Crippen LogP contribution in [0, 0.1) is 0 Å². The Kier molecular flexibility index (Phi) is 9.18. The highest BCUT2D eigenvalue weighted by Gasteiger charge is 2.19. The van der Waals surface area contributed by atoms with Crippen LogP contribution in [-0.4, -0.2) is 14.8 Å². The number of aromatic nitrogens is 3. The number of benzene rings is 9. The van der Waals surface area contributed by atoms with Crippen molar-refractivity contribution in [3.05, 3.63) is 231 Å². The first-order chi connectivity index (χ1) is 28.8. The lowest BCUT2D eigenvalue weighted by Gasteiger charge is -2.26. The molecule has 274 valence electrons. The minimum Gasteiger partial charge on any atom is -0.310 e. The monoisotopic (exact) mass is 742 g/mol. The summed E-state index contributed by atoms with van der Waals surface area (Å²) in [6.07, 6.45) is 0. The lowest BCUT2D eigenvalue weighted by Crippen LogP contribution is -2.09. The molecule has 0 radical (unpaired) electrons. The fourth-order valence-electron chi connectivity index (χ4n) is 7.94. The summed E-state index contributed by atoms with van der Waals surface area (Å²) in [5, 5.41) is 11.8. The number of hydrogen-bond donors (Lipinski definition) is 0. The first-order valence-electron chi connectivity index (χ1n) is 19.6. The van der Waals surface area contributed by atoms with Gasteiger partial charge in [-0.05, 0) is 92.7 Å². The van der Waals surface area contributed by atoms with Crippen LogP contribution in [0.5, 0.6) is 0 Å². The molecule has 0 amide bonds. The Morgan fingerprint density at radius 1 is 0.293 bits per heavy atom. The zero-order chi connectivity index (χ0) is 38.7. The molecule has 4 heteroatoms. The van der Waals surface area contributed by atoms with Gasteiger partial charge in [-0.2, -0.15) is 0 Å². The molecule has 0 saturated heterocycles. The molecule has 0 atom stereocenters. The number of para-hydroxylation sites is 2. The van der Waals surface area contributed by atoms with Crippen molar-refractivity contribution < 1.29 is 0 Å². The molecule has 58 heavy (non-hydrogen) atoms. The summed E-state index contributed by atoms with van der Waals surface area (Å²) in [7, 11) is 0. The topological polar surface area (TPSA) is 34.0 Å². The molecular weight excluding hydrogens is 705 g/mol. The molecule has 0 aliphatic carbocycles. The van der Waals surface area contributed by atoms with Gasteiger partial charge in [-0.3, -0.25) is 4.57 Å². The summed E-state index contributed by atoms with van der Waals surface area (Å²) >= 11 is 0. The van der Waals surface area contributed by atoms with Crippen molar-refractivity contribution in [2.45, 2.75) is 0 Å². The van der Waals surface area contributed by atoms with Gasteiger partial charge in [0.2, 0.25) is 0 Å². The second kappa shape index (κ2) is 15.4. The molecule has 0 aliphatic rings. The van der Waals surface area contributed by atoms with Crippen LogP contribution in [0.3, 0.4) is 0 Å². The van der Waals surface area contributed by atoms with Crippen molar-refractivity contribution >= 4 is 27.8 Å². The Labute approximate surface area is 338 Å². The van der Waals surface area contributed by atoms with E-state index in [0.29, 0.717) is 0 Å². The zero-order valence-corrected chi connectivity index (χ0v) is 31.7. The maximum Gasteiger partial charge on any atom is 0.168 e. The van der Waals surface area contributed by atoms with Gasteiger partial charge < -0.3 is 4.90 Å². The Bertz CT molecular complexity index is 2970. The summed E-state index contributed by atoms with van der Waals surface area (Å²) in [6, 6.07) is 81.4. The average molecular weight is 743 g/mol. The Morgan fingerprint density at radius 3 is 1.31 bits per heavy atom. The fourth-order valence-corrected chi connectivity index (χ4v) is 7.94. The van der Waals surface area contributed by atoms with Gasteiger partial charge in [-0.15, -0.1) is 10.2 Å². The third kappa shape index (κ3) is 6.63. The Morgan fingerprint density at radius 2 is 0.707 bits per heavy atom. The predicted octanol–water partition coefficient (Wildman–Crippen LogP) is 14.2. The minimum atomic E-state index is 0.796. The van der Waals surface area contributed by atoms with Crippen molar-refractivity contribution in [1.29, 1.82) is 0 Å². The number of anilines is 3. The average Bonchev–Trinajstić information content (AvgIpc) is 3.76. The van der Waals surface area contributed by atoms with E-state index >= 15 is 0 Å². The molecular formula is C54H38N4. The summed E-state index contributed by atoms with van der Waals surface area (Å²) in [6.45, 7) is 0. The number of rotatable bonds is 9. The summed E-state index contributed by atoms with van der Waals surface area (Å²) in [4.78, 5) is 2.33. The van der Waals surface area contributed by atoms with Crippen molar-refractivity contribution in [2.24, 2.45) is 0 Å². The molecule has 9 aromatic carbocycles. The summed E-state index contributed by atoms with van der Waals surface area (Å²) in [5.74, 6) is 1.60. The van der Waals surface area contributed by atoms with Crippen LogP contribution in [0.4, 0.5) is 17.1 Å². The second-order valence-corrected chi connectivity index (χ2v) is 14.3. The molecule has 0 bridgehead atoms. The van der Waals surface area contributed by atoms with E-state index in [-0.39, 0.29) is 0 Å². The Balaban J connectivity index is 0.998. The van der Waals surface area contributed by atoms with E-state index in [1.54, 1.807) is 0 Å². The summed E-state index contributed by atoms with van der Waals surface area (Å²) in [5.41, 5.74) is 13.4. The molecule has 1 aromatic heterocycles. The van der Waals surface area contributed by atoms with E-state index in [0.717, 1.165) is 56.7 Å². The smallest absolute Gasteiger partial charge is 0.168 e. The van der Waals surface area contributed by atoms with Crippen LogP contribution in [0.1, 0.15) is 0 Å². The van der Waals surface area contributed by atoms with E-state index in [1.165, 1.54) is 33.0 Å². The highest BCUT2D eigenvalue weighted by Crippen LogP contribution is 2.41. The second-order valence-electron chi connectivity index (χ2n) is 14.3. The van der Waals surface area contributed by atoms with Crippen LogP contribution >= 0.6 is 0 Å². The molecule has 1 heterocycles. The van der Waals surface area contributed by atoms with Gasteiger partial charge in [-0.25, -0.2) is 0 Å². The van der Waals surface area contributed by atoms with Crippen LogP contribution in [0.2, 0.25) is 0 Å². The molecule has 0 spiro atoms. The third-order valence-corrected chi connectivity index (χ3v) is 10.7. The molecule has 0 aliphatic heterocycles. The fraction of sp³-hybridized carbons (Fsp3) is 0. The number of fused-ring (bicyclic) bond motifs is 1. The van der Waals surface area contributed by atoms with Gasteiger partial charge >= 0.3 is 0 Å². The number of hydrogen-bond acceptors (Lipinski definition) is 3. The highest BCUT2D eigenvalue weighted by molar-refractivity contribution is 5.93. The lowest BCUT2D eigenvalue weighted by molar-refractivity contribution is 1.07. The van der Waals surface area contributed by atoms with Crippen LogP contribution in [0.15, 0.2) is 231 Å². The maximum atomic E-state index is 4.73. The van der Waals surface area contributed by atoms with Crippen molar-refractivity contribution in [1.82, 2.24) is 14.8 Å². The molecule has 10 aromatic rings. The molecule has 4 nitrogen and oxygen atoms in total. The Hall–Kier alpha value is -7.82. The number of nitrogens with zero attached hydrogens (tertiary/aromatic N) is 4. The van der Waals surface area contributed by atoms with Gasteiger partial charge in [0, 0.05) is 33.9 Å². The van der Waals surface area contributed by atoms with Crippen molar-refractivity contribution in [3.8, 4) is 61.8 Å². The van der Waals surface area contributed by atoms with Gasteiger partial charge in [0.25, 0.3) is 0 Å². The SMILES string of the molecule is c1ccc(-c2nnc(-c3ccc(-c4ccccc4-c4ccccc4-c4ccc(N(c5ccccc5)c5ccc6ccccc6c5)cc4)cc3)n2-c2ccccc2)cc1. The van der Waals surface area contributed by atoms with E-state index in [2.05, 4.69) is 209 Å². The molecule has 0 N–H and O–H groups in total. The van der Waals surface area contributed by atoms with Gasteiger partial charge in [0.15, 0.2) is 11.6 Å². The zero-order valence-electron chi connectivity index (χ0n) is 31.7. The quantitative estimate of drug-likeness (QED) is 0.148. The first kappa shape index (κ1) is 34.7. The molecule has 0 fully saturated rings.